The van der Waals surface area contributed by atoms with Gasteiger partial charge in [-0.15, -0.1) is 11.3 Å². The molecule has 20 heteroatoms. The van der Waals surface area contributed by atoms with Crippen molar-refractivity contribution in [3.05, 3.63) is 72.8 Å². The molecule has 2 aromatic heterocycles. The molecule has 0 aliphatic carbocycles. The predicted octanol–water partition coefficient (Wildman–Crippen LogP) is 9.96. The first-order valence-corrected chi connectivity index (χ1v) is 17.9. The Hall–Kier alpha value is -2.78. The van der Waals surface area contributed by atoms with Crippen LogP contribution in [0.15, 0.2) is 95.2 Å². The summed E-state index contributed by atoms with van der Waals surface area (Å²) in [6, 6.07) is 15.7. The number of ether oxygens (including phenoxy) is 3. The summed E-state index contributed by atoms with van der Waals surface area (Å²) in [5, 5.41) is -6.56. The van der Waals surface area contributed by atoms with Crippen molar-refractivity contribution in [2.45, 2.75) is 45.7 Å². The minimum Gasteiger partial charge on any atom is -0.497 e. The molecule has 2 heterocycles. The lowest BCUT2D eigenvalue weighted by atomic mass is 10.1. The van der Waals surface area contributed by atoms with Gasteiger partial charge >= 0.3 is 33.4 Å². The maximum absolute atomic E-state index is 15.2. The van der Waals surface area contributed by atoms with E-state index in [2.05, 4.69) is 0 Å². The summed E-state index contributed by atoms with van der Waals surface area (Å²) in [5.41, 5.74) is 0. The quantitative estimate of drug-likeness (QED) is 0.125. The van der Waals surface area contributed by atoms with E-state index < -0.39 is 43.7 Å². The van der Waals surface area contributed by atoms with Crippen molar-refractivity contribution < 1.29 is 65.8 Å². The Kier molecular flexibility index (Phi) is 10.5. The number of alkyl halides is 9. The van der Waals surface area contributed by atoms with Crippen LogP contribution >= 0.6 is 44.7 Å². The third kappa shape index (κ3) is 6.63. The Balaban J connectivity index is 1.99. The van der Waals surface area contributed by atoms with Gasteiger partial charge < -0.3 is 14.2 Å². The van der Waals surface area contributed by atoms with Crippen molar-refractivity contribution in [1.29, 1.82) is 0 Å². The molecule has 47 heavy (non-hydrogen) atoms. The van der Waals surface area contributed by atoms with Gasteiger partial charge in [-0.2, -0.15) is 47.9 Å². The first-order valence-electron chi connectivity index (χ1n) is 12.5. The lowest BCUT2D eigenvalue weighted by Crippen LogP contribution is -2.63. The molecule has 0 atom stereocenters. The van der Waals surface area contributed by atoms with E-state index in [-0.39, 0.29) is 25.5 Å². The highest BCUT2D eigenvalue weighted by Gasteiger charge is 2.86. The van der Waals surface area contributed by atoms with Gasteiger partial charge in [0.05, 0.1) is 34.0 Å². The van der Waals surface area contributed by atoms with Crippen LogP contribution in [0.5, 0.6) is 16.6 Å². The fraction of sp³-hybridized carbons (Fsp3) is 0.259. The maximum Gasteiger partial charge on any atom is 0.460 e. The standard InChI is InChI=1S/C27H21F9O6S5/c1-39-16-4-8-18(9-5-16)46(19-10-6-17(40-2)7-11-19,23-15-14-22(45-23)44-21-13-12-20(41-3)43-21)42-47(37,38)27(35,36)25(30,31)24(28,29)26(32,33)34/h4-15H,1-3H3. The van der Waals surface area contributed by atoms with Crippen molar-refractivity contribution in [3.8, 4) is 16.6 Å². The zero-order valence-corrected chi connectivity index (χ0v) is 27.9. The summed E-state index contributed by atoms with van der Waals surface area (Å²) >= 11 is 3.13. The minimum absolute atomic E-state index is 0.176. The molecule has 0 aliphatic heterocycles. The molecule has 0 unspecified atom stereocenters. The van der Waals surface area contributed by atoms with Gasteiger partial charge in [0.1, 0.15) is 11.5 Å². The molecule has 0 saturated carbocycles. The Labute approximate surface area is 276 Å². The SMILES string of the molecule is COc1ccc(S(OS(=O)(=O)C(F)(F)C(F)(F)C(F)(F)C(F)(F)F)(c2ccc(OC)cc2)c2ccc(Sc3ccc(OC)s3)s2)cc1. The highest BCUT2D eigenvalue weighted by Crippen LogP contribution is 2.73. The molecule has 0 radical (unpaired) electrons. The minimum atomic E-state index is -7.50. The molecule has 0 amide bonds. The number of halogens is 9. The molecular formula is C27H21F9O6S5. The largest absolute Gasteiger partial charge is 0.497 e. The third-order valence-corrected chi connectivity index (χ3v) is 15.3. The van der Waals surface area contributed by atoms with Crippen molar-refractivity contribution in [2.24, 2.45) is 0 Å². The fourth-order valence-electron chi connectivity index (χ4n) is 3.79. The average molecular weight is 773 g/mol. The smallest absolute Gasteiger partial charge is 0.460 e. The first-order chi connectivity index (χ1) is 21.8. The van der Waals surface area contributed by atoms with E-state index in [1.807, 2.05) is 0 Å². The molecule has 0 aliphatic rings. The van der Waals surface area contributed by atoms with E-state index in [1.54, 1.807) is 12.1 Å². The van der Waals surface area contributed by atoms with Crippen LogP contribution in [0.4, 0.5) is 39.5 Å². The van der Waals surface area contributed by atoms with Crippen LogP contribution < -0.4 is 14.2 Å². The van der Waals surface area contributed by atoms with E-state index in [0.717, 1.165) is 47.4 Å². The van der Waals surface area contributed by atoms with Crippen LogP contribution in [0.1, 0.15) is 0 Å². The lowest BCUT2D eigenvalue weighted by Gasteiger charge is -2.40. The molecular weight excluding hydrogens is 752 g/mol. The van der Waals surface area contributed by atoms with Crippen molar-refractivity contribution in [2.75, 3.05) is 21.3 Å². The summed E-state index contributed by atoms with van der Waals surface area (Å²) in [5.74, 6) is -14.6. The van der Waals surface area contributed by atoms with Crippen LogP contribution in [0.25, 0.3) is 0 Å². The van der Waals surface area contributed by atoms with Crippen LogP contribution in [0.3, 0.4) is 0 Å². The van der Waals surface area contributed by atoms with Crippen molar-refractivity contribution >= 4 is 54.9 Å². The average Bonchev–Trinajstić information content (AvgIpc) is 3.69. The zero-order valence-electron chi connectivity index (χ0n) is 23.8. The van der Waals surface area contributed by atoms with Crippen LogP contribution in [0, 0.1) is 0 Å². The highest BCUT2D eigenvalue weighted by atomic mass is 32.3. The number of thiophene rings is 2. The molecule has 0 fully saturated rings. The highest BCUT2D eigenvalue weighted by molar-refractivity contribution is 8.34. The molecule has 4 rings (SSSR count). The summed E-state index contributed by atoms with van der Waals surface area (Å²) in [7, 11) is -7.56. The molecule has 2 aromatic carbocycles. The van der Waals surface area contributed by atoms with Gasteiger partial charge in [0.15, 0.2) is 5.06 Å². The number of rotatable bonds is 13. The van der Waals surface area contributed by atoms with E-state index in [1.165, 1.54) is 69.1 Å². The second-order valence-corrected chi connectivity index (χ2v) is 17.5. The normalized spacial score (nSPS) is 13.8. The molecule has 0 bridgehead atoms. The summed E-state index contributed by atoms with van der Waals surface area (Å²) in [6.45, 7) is 0. The summed E-state index contributed by atoms with van der Waals surface area (Å²) < 4.78 is 173. The van der Waals surface area contributed by atoms with Crippen molar-refractivity contribution in [3.63, 3.8) is 0 Å². The van der Waals surface area contributed by atoms with Gasteiger partial charge in [-0.1, -0.05) is 23.1 Å². The monoisotopic (exact) mass is 772 g/mol. The molecule has 6 nitrogen and oxygen atoms in total. The maximum atomic E-state index is 15.2. The fourth-order valence-corrected chi connectivity index (χ4v) is 13.3. The van der Waals surface area contributed by atoms with E-state index in [4.69, 9.17) is 17.8 Å². The topological polar surface area (TPSA) is 71.1 Å². The van der Waals surface area contributed by atoms with Crippen LogP contribution in [-0.4, -0.2) is 53.0 Å². The van der Waals surface area contributed by atoms with Crippen LogP contribution in [-0.2, 0) is 13.7 Å². The Bertz CT molecular complexity index is 1740. The van der Waals surface area contributed by atoms with E-state index in [9.17, 15) is 39.2 Å². The Morgan fingerprint density at radius 1 is 0.596 bits per heavy atom. The molecule has 0 spiro atoms. The van der Waals surface area contributed by atoms with Crippen molar-refractivity contribution in [1.82, 2.24) is 0 Å². The van der Waals surface area contributed by atoms with Gasteiger partial charge in [-0.05, 0) is 83.1 Å². The summed E-state index contributed by atoms with van der Waals surface area (Å²) in [4.78, 5) is -0.491. The second-order valence-electron chi connectivity index (χ2n) is 9.05. The van der Waals surface area contributed by atoms with Gasteiger partial charge in [-0.3, -0.25) is 0 Å². The van der Waals surface area contributed by atoms with Gasteiger partial charge in [0, 0.05) is 9.79 Å². The van der Waals surface area contributed by atoms with Gasteiger partial charge in [0.2, 0.25) is 0 Å². The number of hydrogen-bond acceptors (Lipinski definition) is 9. The van der Waals surface area contributed by atoms with E-state index >= 15 is 8.78 Å². The number of methoxy groups -OCH3 is 3. The van der Waals surface area contributed by atoms with E-state index in [0.29, 0.717) is 13.5 Å². The number of hydrogen-bond donors (Lipinski definition) is 0. The first kappa shape index (κ1) is 37.0. The molecule has 258 valence electrons. The lowest BCUT2D eigenvalue weighted by molar-refractivity contribution is -0.382. The number of benzene rings is 2. The predicted molar refractivity (Wildman–Crippen MR) is 159 cm³/mol. The molecule has 4 aromatic rings. The summed E-state index contributed by atoms with van der Waals surface area (Å²) in [6.07, 6.45) is -7.25. The third-order valence-electron chi connectivity index (χ3n) is 6.20. The Morgan fingerprint density at radius 3 is 1.49 bits per heavy atom. The molecule has 0 saturated heterocycles. The zero-order chi connectivity index (χ0) is 35.1. The Morgan fingerprint density at radius 2 is 1.06 bits per heavy atom. The second kappa shape index (κ2) is 13.3. The van der Waals surface area contributed by atoms with Gasteiger partial charge in [-0.25, -0.2) is 3.63 Å². The van der Waals surface area contributed by atoms with Crippen LogP contribution in [0.2, 0.25) is 0 Å². The van der Waals surface area contributed by atoms with Gasteiger partial charge in [0.25, 0.3) is 0 Å². The molecule has 0 N–H and O–H groups in total.